The van der Waals surface area contributed by atoms with Crippen LogP contribution in [0.3, 0.4) is 0 Å². The monoisotopic (exact) mass is 199 g/mol. The van der Waals surface area contributed by atoms with Crippen molar-refractivity contribution in [3.05, 3.63) is 0 Å². The van der Waals surface area contributed by atoms with E-state index in [-0.39, 0.29) is 5.54 Å². The van der Waals surface area contributed by atoms with E-state index in [0.29, 0.717) is 11.9 Å². The summed E-state index contributed by atoms with van der Waals surface area (Å²) in [5, 5.41) is 3.15. The second-order valence-corrected chi connectivity index (χ2v) is 4.78. The fourth-order valence-electron chi connectivity index (χ4n) is 1.20. The molecule has 3 nitrogen and oxygen atoms in total. The maximum absolute atomic E-state index is 5.76. The van der Waals surface area contributed by atoms with Crippen LogP contribution in [0, 0.1) is 5.92 Å². The molecule has 0 saturated carbocycles. The van der Waals surface area contributed by atoms with Gasteiger partial charge in [0.15, 0.2) is 5.96 Å². The number of hydrogen-bond acceptors (Lipinski definition) is 1. The zero-order valence-corrected chi connectivity index (χ0v) is 10.2. The van der Waals surface area contributed by atoms with Crippen LogP contribution >= 0.6 is 0 Å². The zero-order chi connectivity index (χ0) is 11.2. The Hall–Kier alpha value is -0.730. The minimum absolute atomic E-state index is 0.00150. The highest BCUT2D eigenvalue weighted by Crippen LogP contribution is 2.07. The first kappa shape index (κ1) is 13.3. The quantitative estimate of drug-likeness (QED) is 0.538. The van der Waals surface area contributed by atoms with Gasteiger partial charge in [-0.2, -0.15) is 0 Å². The maximum Gasteiger partial charge on any atom is 0.188 e. The van der Waals surface area contributed by atoms with Crippen molar-refractivity contribution in [2.75, 3.05) is 6.54 Å². The van der Waals surface area contributed by atoms with E-state index >= 15 is 0 Å². The third-order valence-electron chi connectivity index (χ3n) is 2.18. The lowest BCUT2D eigenvalue weighted by atomic mass is 10.0. The SMILES string of the molecule is CCC(CC)CN=C(N)NC(C)(C)C. The Balaban J connectivity index is 3.99. The number of aliphatic imine (C=N–C) groups is 1. The molecule has 0 aliphatic rings. The smallest absolute Gasteiger partial charge is 0.188 e. The molecular weight excluding hydrogens is 174 g/mol. The van der Waals surface area contributed by atoms with Gasteiger partial charge in [-0.15, -0.1) is 0 Å². The number of nitrogens with one attached hydrogen (secondary N) is 1. The van der Waals surface area contributed by atoms with Gasteiger partial charge >= 0.3 is 0 Å². The van der Waals surface area contributed by atoms with Gasteiger partial charge in [-0.25, -0.2) is 0 Å². The van der Waals surface area contributed by atoms with Gasteiger partial charge in [0.05, 0.1) is 0 Å². The Morgan fingerprint density at radius 1 is 1.29 bits per heavy atom. The zero-order valence-electron chi connectivity index (χ0n) is 10.2. The molecule has 0 amide bonds. The molecule has 14 heavy (non-hydrogen) atoms. The molecule has 0 radical (unpaired) electrons. The third-order valence-corrected chi connectivity index (χ3v) is 2.18. The number of nitrogens with two attached hydrogens (primary N) is 1. The van der Waals surface area contributed by atoms with Crippen LogP contribution < -0.4 is 11.1 Å². The average Bonchev–Trinajstić information content (AvgIpc) is 2.03. The topological polar surface area (TPSA) is 50.4 Å². The van der Waals surface area contributed by atoms with Gasteiger partial charge in [-0.05, 0) is 26.7 Å². The minimum atomic E-state index is 0.00150. The van der Waals surface area contributed by atoms with Crippen molar-refractivity contribution in [2.24, 2.45) is 16.6 Å². The number of guanidine groups is 1. The lowest BCUT2D eigenvalue weighted by molar-refractivity contribution is 0.490. The molecule has 0 unspecified atom stereocenters. The van der Waals surface area contributed by atoms with Gasteiger partial charge in [-0.1, -0.05) is 26.7 Å². The first-order valence-corrected chi connectivity index (χ1v) is 5.47. The Kier molecular flexibility index (Phi) is 5.58. The van der Waals surface area contributed by atoms with Gasteiger partial charge in [0.25, 0.3) is 0 Å². The molecule has 0 rings (SSSR count). The van der Waals surface area contributed by atoms with Crippen LogP contribution in [0.4, 0.5) is 0 Å². The van der Waals surface area contributed by atoms with Gasteiger partial charge in [0, 0.05) is 12.1 Å². The molecule has 3 N–H and O–H groups in total. The maximum atomic E-state index is 5.76. The fourth-order valence-corrected chi connectivity index (χ4v) is 1.20. The fraction of sp³-hybridized carbons (Fsp3) is 0.909. The van der Waals surface area contributed by atoms with Crippen LogP contribution in [0.2, 0.25) is 0 Å². The standard InChI is InChI=1S/C11H25N3/c1-6-9(7-2)8-13-10(12)14-11(3,4)5/h9H,6-8H2,1-5H3,(H3,12,13,14). The summed E-state index contributed by atoms with van der Waals surface area (Å²) in [6, 6.07) is 0. The van der Waals surface area contributed by atoms with Crippen LogP contribution in [0.25, 0.3) is 0 Å². The summed E-state index contributed by atoms with van der Waals surface area (Å²) in [7, 11) is 0. The van der Waals surface area contributed by atoms with Crippen molar-refractivity contribution < 1.29 is 0 Å². The molecular formula is C11H25N3. The highest BCUT2D eigenvalue weighted by Gasteiger charge is 2.10. The van der Waals surface area contributed by atoms with E-state index in [1.807, 2.05) is 0 Å². The molecule has 84 valence electrons. The van der Waals surface area contributed by atoms with E-state index < -0.39 is 0 Å². The summed E-state index contributed by atoms with van der Waals surface area (Å²) in [6.45, 7) is 11.4. The highest BCUT2D eigenvalue weighted by atomic mass is 15.1. The summed E-state index contributed by atoms with van der Waals surface area (Å²) in [5.74, 6) is 1.22. The van der Waals surface area contributed by atoms with Crippen molar-refractivity contribution in [3.63, 3.8) is 0 Å². The lowest BCUT2D eigenvalue weighted by Gasteiger charge is -2.21. The number of hydrogen-bond donors (Lipinski definition) is 2. The van der Waals surface area contributed by atoms with Gasteiger partial charge in [0.1, 0.15) is 0 Å². The van der Waals surface area contributed by atoms with Crippen LogP contribution in [0.1, 0.15) is 47.5 Å². The van der Waals surface area contributed by atoms with Crippen LogP contribution in [0.5, 0.6) is 0 Å². The molecule has 0 aliphatic heterocycles. The van der Waals surface area contributed by atoms with E-state index in [9.17, 15) is 0 Å². The first-order chi connectivity index (χ1) is 6.39. The highest BCUT2D eigenvalue weighted by molar-refractivity contribution is 5.78. The predicted octanol–water partition coefficient (Wildman–Crippen LogP) is 2.13. The Morgan fingerprint density at radius 2 is 1.79 bits per heavy atom. The summed E-state index contributed by atoms with van der Waals surface area (Å²) in [5.41, 5.74) is 5.76. The van der Waals surface area contributed by atoms with Crippen molar-refractivity contribution in [1.29, 1.82) is 0 Å². The summed E-state index contributed by atoms with van der Waals surface area (Å²) in [4.78, 5) is 4.33. The van der Waals surface area contributed by atoms with Crippen molar-refractivity contribution in [3.8, 4) is 0 Å². The van der Waals surface area contributed by atoms with Crippen LogP contribution in [-0.2, 0) is 0 Å². The minimum Gasteiger partial charge on any atom is -0.370 e. The summed E-state index contributed by atoms with van der Waals surface area (Å²) in [6.07, 6.45) is 2.34. The van der Waals surface area contributed by atoms with Crippen molar-refractivity contribution in [2.45, 2.75) is 53.0 Å². The molecule has 0 spiro atoms. The van der Waals surface area contributed by atoms with E-state index in [2.05, 4.69) is 44.9 Å². The van der Waals surface area contributed by atoms with Gasteiger partial charge in [0.2, 0.25) is 0 Å². The normalized spacial score (nSPS) is 13.4. The summed E-state index contributed by atoms with van der Waals surface area (Å²) >= 11 is 0. The van der Waals surface area contributed by atoms with E-state index in [1.165, 1.54) is 12.8 Å². The van der Waals surface area contributed by atoms with E-state index in [1.54, 1.807) is 0 Å². The molecule has 0 fully saturated rings. The molecule has 3 heteroatoms. The molecule has 0 bridgehead atoms. The number of rotatable bonds is 4. The molecule has 0 aromatic carbocycles. The second kappa shape index (κ2) is 5.89. The van der Waals surface area contributed by atoms with Crippen LogP contribution in [0.15, 0.2) is 4.99 Å². The Labute approximate surface area is 88.2 Å². The second-order valence-electron chi connectivity index (χ2n) is 4.78. The largest absolute Gasteiger partial charge is 0.370 e. The third kappa shape index (κ3) is 6.75. The Morgan fingerprint density at radius 3 is 2.14 bits per heavy atom. The molecule has 0 aromatic heterocycles. The van der Waals surface area contributed by atoms with Gasteiger partial charge in [-0.3, -0.25) is 4.99 Å². The van der Waals surface area contributed by atoms with E-state index in [0.717, 1.165) is 6.54 Å². The lowest BCUT2D eigenvalue weighted by Crippen LogP contribution is -2.45. The average molecular weight is 199 g/mol. The molecule has 0 saturated heterocycles. The molecule has 0 aromatic rings. The number of nitrogens with zero attached hydrogens (tertiary/aromatic N) is 1. The van der Waals surface area contributed by atoms with Crippen molar-refractivity contribution >= 4 is 5.96 Å². The molecule has 0 aliphatic carbocycles. The Bertz CT molecular complexity index is 175. The van der Waals surface area contributed by atoms with E-state index in [4.69, 9.17) is 5.73 Å². The van der Waals surface area contributed by atoms with Crippen LogP contribution in [-0.4, -0.2) is 18.0 Å². The first-order valence-electron chi connectivity index (χ1n) is 5.47. The molecule has 0 heterocycles. The predicted molar refractivity (Wildman–Crippen MR) is 63.5 cm³/mol. The molecule has 0 atom stereocenters. The van der Waals surface area contributed by atoms with Crippen molar-refractivity contribution in [1.82, 2.24) is 5.32 Å². The summed E-state index contributed by atoms with van der Waals surface area (Å²) < 4.78 is 0. The van der Waals surface area contributed by atoms with Gasteiger partial charge < -0.3 is 11.1 Å².